The third-order valence-corrected chi connectivity index (χ3v) is 6.03. The molecule has 0 amide bonds. The van der Waals surface area contributed by atoms with Crippen LogP contribution in [0.15, 0.2) is 47.6 Å². The molecule has 0 saturated carbocycles. The fourth-order valence-corrected chi connectivity index (χ4v) is 4.98. The van der Waals surface area contributed by atoms with E-state index in [1.807, 2.05) is 6.07 Å². The van der Waals surface area contributed by atoms with Gasteiger partial charge in [-0.05, 0) is 29.8 Å². The van der Waals surface area contributed by atoms with E-state index >= 15 is 0 Å². The molecule has 3 rings (SSSR count). The number of hydrogen-bond acceptors (Lipinski definition) is 4. The number of halogens is 2. The summed E-state index contributed by atoms with van der Waals surface area (Å²) < 4.78 is 27.5. The lowest BCUT2D eigenvalue weighted by Crippen LogP contribution is -2.48. The Balaban J connectivity index is 2.02. The van der Waals surface area contributed by atoms with Crippen LogP contribution in [0.5, 0.6) is 0 Å². The zero-order valence-corrected chi connectivity index (χ0v) is 14.4. The number of nitrogens with one attached hydrogen (secondary N) is 1. The number of benzene rings is 1. The van der Waals surface area contributed by atoms with Crippen LogP contribution in [0.3, 0.4) is 0 Å². The van der Waals surface area contributed by atoms with Gasteiger partial charge in [-0.25, -0.2) is 8.42 Å². The summed E-state index contributed by atoms with van der Waals surface area (Å²) in [5.74, 6) is 0. The molecule has 1 aliphatic heterocycles. The van der Waals surface area contributed by atoms with Gasteiger partial charge in [0.1, 0.15) is 0 Å². The van der Waals surface area contributed by atoms with Crippen LogP contribution in [0.1, 0.15) is 11.6 Å². The first-order valence-electron chi connectivity index (χ1n) is 7.07. The molecule has 1 aromatic carbocycles. The number of hydrogen-bond donors (Lipinski definition) is 1. The Morgan fingerprint density at radius 1 is 1.22 bits per heavy atom. The van der Waals surface area contributed by atoms with Gasteiger partial charge in [0.05, 0.1) is 10.9 Å². The molecule has 1 saturated heterocycles. The highest BCUT2D eigenvalue weighted by Crippen LogP contribution is 2.31. The van der Waals surface area contributed by atoms with Crippen molar-refractivity contribution in [3.8, 4) is 0 Å². The average Bonchev–Trinajstić information content (AvgIpc) is 2.55. The van der Waals surface area contributed by atoms with Crippen LogP contribution >= 0.6 is 23.2 Å². The van der Waals surface area contributed by atoms with Gasteiger partial charge in [-0.3, -0.25) is 4.98 Å². The lowest BCUT2D eigenvalue weighted by Gasteiger charge is -2.35. The Morgan fingerprint density at radius 3 is 2.61 bits per heavy atom. The highest BCUT2D eigenvalue weighted by Gasteiger charge is 2.34. The first-order chi connectivity index (χ1) is 11.0. The molecule has 2 aromatic rings. The molecule has 0 spiro atoms. The van der Waals surface area contributed by atoms with Gasteiger partial charge in [-0.1, -0.05) is 29.3 Å². The van der Waals surface area contributed by atoms with Crippen LogP contribution < -0.4 is 5.32 Å². The minimum atomic E-state index is -3.71. The van der Waals surface area contributed by atoms with Crippen molar-refractivity contribution in [3.63, 3.8) is 0 Å². The van der Waals surface area contributed by atoms with E-state index in [0.29, 0.717) is 29.7 Å². The molecule has 0 radical (unpaired) electrons. The molecule has 1 atom stereocenters. The number of nitrogens with zero attached hydrogens (tertiary/aromatic N) is 2. The molecular weight excluding hydrogens is 357 g/mol. The predicted molar refractivity (Wildman–Crippen MR) is 90.2 cm³/mol. The molecule has 122 valence electrons. The molecule has 2 heterocycles. The number of aromatic nitrogens is 1. The summed E-state index contributed by atoms with van der Waals surface area (Å²) in [6.07, 6.45) is 3.35. The molecule has 5 nitrogen and oxygen atoms in total. The quantitative estimate of drug-likeness (QED) is 0.900. The number of pyridine rings is 1. The summed E-state index contributed by atoms with van der Waals surface area (Å²) in [6.45, 7) is 1.48. The van der Waals surface area contributed by atoms with Crippen molar-refractivity contribution >= 4 is 33.2 Å². The van der Waals surface area contributed by atoms with E-state index in [0.717, 1.165) is 5.56 Å². The van der Waals surface area contributed by atoms with Gasteiger partial charge in [0, 0.05) is 42.1 Å². The Morgan fingerprint density at radius 2 is 1.96 bits per heavy atom. The van der Waals surface area contributed by atoms with Crippen LogP contribution in [-0.2, 0) is 10.0 Å². The number of sulfonamides is 1. The average molecular weight is 372 g/mol. The van der Waals surface area contributed by atoms with E-state index in [2.05, 4.69) is 10.3 Å². The van der Waals surface area contributed by atoms with Gasteiger partial charge in [-0.15, -0.1) is 0 Å². The summed E-state index contributed by atoms with van der Waals surface area (Å²) >= 11 is 11.9. The highest BCUT2D eigenvalue weighted by atomic mass is 35.5. The van der Waals surface area contributed by atoms with Crippen molar-refractivity contribution < 1.29 is 8.42 Å². The van der Waals surface area contributed by atoms with Gasteiger partial charge < -0.3 is 5.32 Å². The first-order valence-corrected chi connectivity index (χ1v) is 9.26. The minimum Gasteiger partial charge on any atom is -0.313 e. The molecule has 0 aliphatic carbocycles. The van der Waals surface area contributed by atoms with Crippen molar-refractivity contribution in [2.75, 3.05) is 19.6 Å². The van der Waals surface area contributed by atoms with Gasteiger partial charge in [0.2, 0.25) is 10.0 Å². The van der Waals surface area contributed by atoms with Crippen LogP contribution in [0, 0.1) is 0 Å². The molecule has 0 bridgehead atoms. The first kappa shape index (κ1) is 16.7. The molecule has 1 N–H and O–H groups in total. The molecule has 1 aliphatic rings. The Labute approximate surface area is 145 Å². The molecule has 8 heteroatoms. The van der Waals surface area contributed by atoms with Crippen LogP contribution in [-0.4, -0.2) is 37.3 Å². The normalized spacial score (nSPS) is 19.7. The van der Waals surface area contributed by atoms with E-state index in [-0.39, 0.29) is 10.9 Å². The summed E-state index contributed by atoms with van der Waals surface area (Å²) in [6, 6.07) is 7.71. The van der Waals surface area contributed by atoms with Crippen molar-refractivity contribution in [1.82, 2.24) is 14.6 Å². The summed E-state index contributed by atoms with van der Waals surface area (Å²) in [5, 5.41) is 3.81. The second-order valence-electron chi connectivity index (χ2n) is 5.23. The topological polar surface area (TPSA) is 62.3 Å². The largest absolute Gasteiger partial charge is 0.313 e. The van der Waals surface area contributed by atoms with E-state index in [1.165, 1.54) is 22.5 Å². The summed E-state index contributed by atoms with van der Waals surface area (Å²) in [5.41, 5.74) is 0.844. The van der Waals surface area contributed by atoms with Crippen molar-refractivity contribution in [2.24, 2.45) is 0 Å². The lowest BCUT2D eigenvalue weighted by molar-refractivity contribution is 0.271. The fraction of sp³-hybridized carbons (Fsp3) is 0.267. The van der Waals surface area contributed by atoms with E-state index in [4.69, 9.17) is 23.2 Å². The highest BCUT2D eigenvalue weighted by molar-refractivity contribution is 7.89. The second-order valence-corrected chi connectivity index (χ2v) is 7.99. The molecule has 1 fully saturated rings. The summed E-state index contributed by atoms with van der Waals surface area (Å²) in [7, 11) is -3.71. The maximum Gasteiger partial charge on any atom is 0.243 e. The number of piperazine rings is 1. The Hall–Kier alpha value is -1.18. The molecular formula is C15H15Cl2N3O2S. The molecule has 23 heavy (non-hydrogen) atoms. The van der Waals surface area contributed by atoms with Crippen molar-refractivity contribution in [3.05, 3.63) is 58.3 Å². The van der Waals surface area contributed by atoms with Crippen LogP contribution in [0.25, 0.3) is 0 Å². The van der Waals surface area contributed by atoms with Crippen molar-refractivity contribution in [2.45, 2.75) is 10.9 Å². The van der Waals surface area contributed by atoms with E-state index in [9.17, 15) is 8.42 Å². The third kappa shape index (κ3) is 3.51. The van der Waals surface area contributed by atoms with Gasteiger partial charge in [-0.2, -0.15) is 4.31 Å². The lowest BCUT2D eigenvalue weighted by atomic mass is 10.1. The van der Waals surface area contributed by atoms with Gasteiger partial charge in [0.25, 0.3) is 0 Å². The Kier molecular flexibility index (Phi) is 4.89. The van der Waals surface area contributed by atoms with Gasteiger partial charge in [0.15, 0.2) is 0 Å². The minimum absolute atomic E-state index is 0.103. The number of rotatable bonds is 3. The van der Waals surface area contributed by atoms with Crippen LogP contribution in [0.2, 0.25) is 10.0 Å². The van der Waals surface area contributed by atoms with Gasteiger partial charge >= 0.3 is 0 Å². The second kappa shape index (κ2) is 6.75. The van der Waals surface area contributed by atoms with Crippen molar-refractivity contribution in [1.29, 1.82) is 0 Å². The maximum atomic E-state index is 13.0. The molecule has 1 unspecified atom stereocenters. The fourth-order valence-electron chi connectivity index (χ4n) is 2.64. The zero-order valence-electron chi connectivity index (χ0n) is 12.1. The van der Waals surface area contributed by atoms with Crippen LogP contribution in [0.4, 0.5) is 0 Å². The Bertz CT molecular complexity index is 779. The third-order valence-electron chi connectivity index (χ3n) is 3.71. The van der Waals surface area contributed by atoms with E-state index < -0.39 is 10.0 Å². The SMILES string of the molecule is O=S(=O)(c1cc(Cl)cc(Cl)c1)N1CCNCC1c1cccnc1. The smallest absolute Gasteiger partial charge is 0.243 e. The monoisotopic (exact) mass is 371 g/mol. The zero-order chi connectivity index (χ0) is 16.4. The standard InChI is InChI=1S/C15H15Cl2N3O2S/c16-12-6-13(17)8-14(7-12)23(21,22)20-5-4-19-10-15(20)11-2-1-3-18-9-11/h1-3,6-9,15,19H,4-5,10H2. The molecule has 1 aromatic heterocycles. The maximum absolute atomic E-state index is 13.0. The predicted octanol–water partition coefficient (Wildman–Crippen LogP) is 2.72. The summed E-state index contributed by atoms with van der Waals surface area (Å²) in [4.78, 5) is 4.19. The van der Waals surface area contributed by atoms with E-state index in [1.54, 1.807) is 18.5 Å².